The SMILES string of the molecule is O=C(O)c1ccc(-c2ccnc3[nH]ccc23)cc1Cl. The van der Waals surface area contributed by atoms with Gasteiger partial charge in [-0.15, -0.1) is 0 Å². The molecule has 0 bridgehead atoms. The molecule has 3 rings (SSSR count). The zero-order valence-corrected chi connectivity index (χ0v) is 10.5. The van der Waals surface area contributed by atoms with Crippen LogP contribution < -0.4 is 0 Å². The third-order valence-electron chi connectivity index (χ3n) is 2.97. The first-order valence-corrected chi connectivity index (χ1v) is 6.00. The Kier molecular flexibility index (Phi) is 2.72. The number of rotatable bonds is 2. The highest BCUT2D eigenvalue weighted by Crippen LogP contribution is 2.30. The lowest BCUT2D eigenvalue weighted by molar-refractivity contribution is 0.0697. The number of carboxylic acids is 1. The molecule has 2 aromatic heterocycles. The Morgan fingerprint density at radius 3 is 2.84 bits per heavy atom. The number of hydrogen-bond donors (Lipinski definition) is 2. The number of aromatic carboxylic acids is 1. The summed E-state index contributed by atoms with van der Waals surface area (Å²) in [5.74, 6) is -1.03. The predicted molar refractivity (Wildman–Crippen MR) is 73.5 cm³/mol. The second-order valence-corrected chi connectivity index (χ2v) is 4.51. The van der Waals surface area contributed by atoms with Crippen molar-refractivity contribution in [2.45, 2.75) is 0 Å². The smallest absolute Gasteiger partial charge is 0.337 e. The first kappa shape index (κ1) is 11.7. The highest BCUT2D eigenvalue weighted by Gasteiger charge is 2.11. The van der Waals surface area contributed by atoms with Gasteiger partial charge in [-0.2, -0.15) is 0 Å². The second-order valence-electron chi connectivity index (χ2n) is 4.10. The molecule has 0 aliphatic rings. The Morgan fingerprint density at radius 1 is 1.26 bits per heavy atom. The number of fused-ring (bicyclic) bond motifs is 1. The van der Waals surface area contributed by atoms with Crippen LogP contribution in [0.3, 0.4) is 0 Å². The average Bonchev–Trinajstić information content (AvgIpc) is 2.86. The van der Waals surface area contributed by atoms with Gasteiger partial charge in [0.15, 0.2) is 0 Å². The Balaban J connectivity index is 2.19. The minimum Gasteiger partial charge on any atom is -0.478 e. The van der Waals surface area contributed by atoms with Crippen molar-refractivity contribution in [1.29, 1.82) is 0 Å². The maximum Gasteiger partial charge on any atom is 0.337 e. The molecule has 3 aromatic rings. The number of carboxylic acid groups (broad SMARTS) is 1. The van der Waals surface area contributed by atoms with Crippen molar-refractivity contribution in [3.63, 3.8) is 0 Å². The van der Waals surface area contributed by atoms with Crippen LogP contribution in [-0.4, -0.2) is 21.0 Å². The fraction of sp³-hybridized carbons (Fsp3) is 0. The van der Waals surface area contributed by atoms with Gasteiger partial charge in [-0.05, 0) is 35.4 Å². The lowest BCUT2D eigenvalue weighted by Gasteiger charge is -2.05. The first-order chi connectivity index (χ1) is 9.16. The third kappa shape index (κ3) is 1.96. The maximum atomic E-state index is 10.9. The quantitative estimate of drug-likeness (QED) is 0.749. The summed E-state index contributed by atoms with van der Waals surface area (Å²) in [4.78, 5) is 18.2. The number of nitrogens with zero attached hydrogens (tertiary/aromatic N) is 1. The molecule has 4 nitrogen and oxygen atoms in total. The first-order valence-electron chi connectivity index (χ1n) is 5.62. The van der Waals surface area contributed by atoms with Gasteiger partial charge in [-0.1, -0.05) is 17.7 Å². The van der Waals surface area contributed by atoms with Gasteiger partial charge in [0.25, 0.3) is 0 Å². The van der Waals surface area contributed by atoms with E-state index in [1.54, 1.807) is 18.3 Å². The standard InChI is InChI=1S/C14H9ClN2O2/c15-12-7-8(1-2-11(12)14(18)19)9-3-5-16-13-10(9)4-6-17-13/h1-7H,(H,16,17)(H,18,19). The van der Waals surface area contributed by atoms with Crippen LogP contribution >= 0.6 is 11.6 Å². The third-order valence-corrected chi connectivity index (χ3v) is 3.28. The van der Waals surface area contributed by atoms with E-state index < -0.39 is 5.97 Å². The van der Waals surface area contributed by atoms with Crippen LogP contribution in [0.4, 0.5) is 0 Å². The topological polar surface area (TPSA) is 66.0 Å². The summed E-state index contributed by atoms with van der Waals surface area (Å²) in [5.41, 5.74) is 2.72. The predicted octanol–water partition coefficient (Wildman–Crippen LogP) is 3.58. The van der Waals surface area contributed by atoms with Crippen molar-refractivity contribution < 1.29 is 9.90 Å². The molecule has 0 saturated heterocycles. The van der Waals surface area contributed by atoms with Crippen molar-refractivity contribution in [2.24, 2.45) is 0 Å². The van der Waals surface area contributed by atoms with Gasteiger partial charge in [0.1, 0.15) is 5.65 Å². The molecule has 1 aromatic carbocycles. The minimum atomic E-state index is -1.03. The molecule has 0 saturated carbocycles. The summed E-state index contributed by atoms with van der Waals surface area (Å²) in [6.07, 6.45) is 3.52. The summed E-state index contributed by atoms with van der Waals surface area (Å²) in [6.45, 7) is 0. The highest BCUT2D eigenvalue weighted by atomic mass is 35.5. The number of aromatic amines is 1. The van der Waals surface area contributed by atoms with E-state index in [0.29, 0.717) is 0 Å². The number of aromatic nitrogens is 2. The molecule has 0 radical (unpaired) electrons. The molecule has 0 amide bonds. The maximum absolute atomic E-state index is 10.9. The van der Waals surface area contributed by atoms with Gasteiger partial charge in [-0.25, -0.2) is 9.78 Å². The van der Waals surface area contributed by atoms with Crippen molar-refractivity contribution in [3.8, 4) is 11.1 Å². The number of pyridine rings is 1. The zero-order valence-electron chi connectivity index (χ0n) is 9.72. The van der Waals surface area contributed by atoms with E-state index in [4.69, 9.17) is 16.7 Å². The molecule has 0 atom stereocenters. The fourth-order valence-corrected chi connectivity index (χ4v) is 2.33. The molecular weight excluding hydrogens is 264 g/mol. The number of benzene rings is 1. The van der Waals surface area contributed by atoms with Crippen LogP contribution in [0.1, 0.15) is 10.4 Å². The zero-order chi connectivity index (χ0) is 13.4. The Hall–Kier alpha value is -2.33. The summed E-state index contributed by atoms with van der Waals surface area (Å²) >= 11 is 6.00. The van der Waals surface area contributed by atoms with E-state index in [-0.39, 0.29) is 10.6 Å². The van der Waals surface area contributed by atoms with Crippen LogP contribution in [0.25, 0.3) is 22.2 Å². The molecule has 5 heteroatoms. The Bertz CT molecular complexity index is 780. The summed E-state index contributed by atoms with van der Waals surface area (Å²) in [7, 11) is 0. The molecule has 0 aliphatic heterocycles. The molecule has 0 fully saturated rings. The van der Waals surface area contributed by atoms with Gasteiger partial charge in [0.2, 0.25) is 0 Å². The number of H-pyrrole nitrogens is 1. The van der Waals surface area contributed by atoms with E-state index in [1.807, 2.05) is 18.3 Å². The van der Waals surface area contributed by atoms with E-state index in [1.165, 1.54) is 6.07 Å². The lowest BCUT2D eigenvalue weighted by Crippen LogP contribution is -1.97. The van der Waals surface area contributed by atoms with Gasteiger partial charge < -0.3 is 10.1 Å². The molecule has 2 heterocycles. The van der Waals surface area contributed by atoms with Crippen LogP contribution in [0.5, 0.6) is 0 Å². The Labute approximate surface area is 113 Å². The lowest BCUT2D eigenvalue weighted by atomic mass is 10.0. The highest BCUT2D eigenvalue weighted by molar-refractivity contribution is 6.33. The summed E-state index contributed by atoms with van der Waals surface area (Å²) in [5, 5.41) is 10.2. The Morgan fingerprint density at radius 2 is 2.11 bits per heavy atom. The van der Waals surface area contributed by atoms with Crippen molar-refractivity contribution in [2.75, 3.05) is 0 Å². The van der Waals surface area contributed by atoms with E-state index in [9.17, 15) is 4.79 Å². The molecule has 0 aliphatic carbocycles. The summed E-state index contributed by atoms with van der Waals surface area (Å²) in [6, 6.07) is 8.72. The largest absolute Gasteiger partial charge is 0.478 e. The van der Waals surface area contributed by atoms with E-state index in [2.05, 4.69) is 9.97 Å². The molecular formula is C14H9ClN2O2. The monoisotopic (exact) mass is 272 g/mol. The van der Waals surface area contributed by atoms with Crippen LogP contribution in [0.2, 0.25) is 5.02 Å². The molecule has 0 unspecified atom stereocenters. The number of carbonyl (C=O) groups is 1. The van der Waals surface area contributed by atoms with Crippen molar-refractivity contribution >= 4 is 28.6 Å². The number of nitrogens with one attached hydrogen (secondary N) is 1. The van der Waals surface area contributed by atoms with Crippen LogP contribution in [0, 0.1) is 0 Å². The minimum absolute atomic E-state index is 0.102. The fourth-order valence-electron chi connectivity index (χ4n) is 2.07. The normalized spacial score (nSPS) is 10.8. The van der Waals surface area contributed by atoms with Gasteiger partial charge in [-0.3, -0.25) is 0 Å². The van der Waals surface area contributed by atoms with Crippen molar-refractivity contribution in [1.82, 2.24) is 9.97 Å². The molecule has 19 heavy (non-hydrogen) atoms. The average molecular weight is 273 g/mol. The van der Waals surface area contributed by atoms with Gasteiger partial charge in [0.05, 0.1) is 10.6 Å². The second kappa shape index (κ2) is 4.40. The van der Waals surface area contributed by atoms with Crippen LogP contribution in [-0.2, 0) is 0 Å². The number of hydrogen-bond acceptors (Lipinski definition) is 2. The summed E-state index contributed by atoms with van der Waals surface area (Å²) < 4.78 is 0. The molecule has 2 N–H and O–H groups in total. The number of halogens is 1. The van der Waals surface area contributed by atoms with Gasteiger partial charge in [0, 0.05) is 17.8 Å². The molecule has 0 spiro atoms. The van der Waals surface area contributed by atoms with Crippen LogP contribution in [0.15, 0.2) is 42.7 Å². The van der Waals surface area contributed by atoms with Crippen molar-refractivity contribution in [3.05, 3.63) is 53.3 Å². The van der Waals surface area contributed by atoms with Gasteiger partial charge >= 0.3 is 5.97 Å². The molecule has 94 valence electrons. The van der Waals surface area contributed by atoms with E-state index >= 15 is 0 Å². The van der Waals surface area contributed by atoms with E-state index in [0.717, 1.165) is 22.2 Å².